The number of para-hydroxylation sites is 1. The van der Waals surface area contributed by atoms with Gasteiger partial charge in [0.05, 0.1) is 11.3 Å². The molecule has 0 aliphatic rings. The maximum Gasteiger partial charge on any atom is 0.127 e. The molecule has 0 radical (unpaired) electrons. The summed E-state index contributed by atoms with van der Waals surface area (Å²) in [4.78, 5) is 4.55. The number of aromatic nitrogens is 1. The highest BCUT2D eigenvalue weighted by Gasteiger charge is 2.09. The van der Waals surface area contributed by atoms with E-state index in [4.69, 9.17) is 11.6 Å². The fourth-order valence-electron chi connectivity index (χ4n) is 1.83. The van der Waals surface area contributed by atoms with E-state index >= 15 is 0 Å². The molecular weight excluding hydrogens is 278 g/mol. The minimum Gasteiger partial charge on any atom is -0.507 e. The van der Waals surface area contributed by atoms with Crippen LogP contribution in [0.2, 0.25) is 5.02 Å². The smallest absolute Gasteiger partial charge is 0.127 e. The average Bonchev–Trinajstić information content (AvgIpc) is 2.89. The Kier molecular flexibility index (Phi) is 3.23. The van der Waals surface area contributed by atoms with E-state index in [-0.39, 0.29) is 5.75 Å². The summed E-state index contributed by atoms with van der Waals surface area (Å²) in [6.07, 6.45) is 0. The molecule has 1 aromatic heterocycles. The van der Waals surface area contributed by atoms with E-state index < -0.39 is 0 Å². The molecule has 1 N–H and O–H groups in total. The van der Waals surface area contributed by atoms with E-state index in [1.807, 2.05) is 41.8 Å². The van der Waals surface area contributed by atoms with Crippen LogP contribution in [0, 0.1) is 0 Å². The quantitative estimate of drug-likeness (QED) is 0.732. The van der Waals surface area contributed by atoms with Gasteiger partial charge in [-0.15, -0.1) is 11.3 Å². The van der Waals surface area contributed by atoms with E-state index in [0.29, 0.717) is 5.02 Å². The van der Waals surface area contributed by atoms with Crippen molar-refractivity contribution in [2.24, 2.45) is 0 Å². The van der Waals surface area contributed by atoms with Gasteiger partial charge in [0.1, 0.15) is 10.8 Å². The third-order valence-corrected chi connectivity index (χ3v) is 3.87. The van der Waals surface area contributed by atoms with Crippen molar-refractivity contribution in [1.82, 2.24) is 4.98 Å². The Labute approximate surface area is 120 Å². The van der Waals surface area contributed by atoms with Gasteiger partial charge < -0.3 is 5.11 Å². The third-order valence-electron chi connectivity index (χ3n) is 2.76. The Morgan fingerprint density at radius 2 is 1.89 bits per heavy atom. The van der Waals surface area contributed by atoms with E-state index in [1.54, 1.807) is 12.1 Å². The zero-order chi connectivity index (χ0) is 13.2. The van der Waals surface area contributed by atoms with Gasteiger partial charge in [0.25, 0.3) is 0 Å². The molecule has 2 nitrogen and oxygen atoms in total. The van der Waals surface area contributed by atoms with Gasteiger partial charge in [0.15, 0.2) is 0 Å². The second-order valence-corrected chi connectivity index (χ2v) is 5.36. The number of hydrogen-bond acceptors (Lipinski definition) is 3. The largest absolute Gasteiger partial charge is 0.507 e. The molecule has 1 heterocycles. The second kappa shape index (κ2) is 5.03. The molecule has 0 aliphatic heterocycles. The monoisotopic (exact) mass is 287 g/mol. The van der Waals surface area contributed by atoms with Gasteiger partial charge in [-0.1, -0.05) is 35.9 Å². The molecular formula is C15H10ClNOS. The van der Waals surface area contributed by atoms with Crippen LogP contribution < -0.4 is 0 Å². The van der Waals surface area contributed by atoms with Gasteiger partial charge >= 0.3 is 0 Å². The van der Waals surface area contributed by atoms with Crippen LogP contribution in [-0.2, 0) is 0 Å². The van der Waals surface area contributed by atoms with Crippen LogP contribution in [0.1, 0.15) is 0 Å². The van der Waals surface area contributed by atoms with Gasteiger partial charge in [-0.2, -0.15) is 0 Å². The molecule has 0 fully saturated rings. The number of hydrogen-bond donors (Lipinski definition) is 1. The number of phenols is 1. The van der Waals surface area contributed by atoms with Crippen molar-refractivity contribution in [2.45, 2.75) is 0 Å². The van der Waals surface area contributed by atoms with Crippen molar-refractivity contribution in [2.75, 3.05) is 0 Å². The summed E-state index contributed by atoms with van der Waals surface area (Å²) >= 11 is 7.48. The molecule has 0 aliphatic carbocycles. The highest BCUT2D eigenvalue weighted by atomic mass is 35.5. The predicted molar refractivity (Wildman–Crippen MR) is 79.7 cm³/mol. The minimum atomic E-state index is 0.245. The van der Waals surface area contributed by atoms with Crippen molar-refractivity contribution in [3.05, 3.63) is 58.9 Å². The van der Waals surface area contributed by atoms with E-state index in [1.165, 1.54) is 11.3 Å². The zero-order valence-corrected chi connectivity index (χ0v) is 11.4. The topological polar surface area (TPSA) is 33.1 Å². The summed E-state index contributed by atoms with van der Waals surface area (Å²) in [5.74, 6) is 0.245. The molecule has 3 rings (SSSR count). The van der Waals surface area contributed by atoms with Gasteiger partial charge in [-0.05, 0) is 24.3 Å². The van der Waals surface area contributed by atoms with Crippen LogP contribution in [0.25, 0.3) is 21.8 Å². The van der Waals surface area contributed by atoms with Crippen molar-refractivity contribution in [3.63, 3.8) is 0 Å². The van der Waals surface area contributed by atoms with Crippen LogP contribution >= 0.6 is 22.9 Å². The molecule has 4 heteroatoms. The molecule has 0 unspecified atom stereocenters. The average molecular weight is 288 g/mol. The number of nitrogens with zero attached hydrogens (tertiary/aromatic N) is 1. The molecule has 2 aromatic carbocycles. The molecule has 94 valence electrons. The molecule has 19 heavy (non-hydrogen) atoms. The lowest BCUT2D eigenvalue weighted by Gasteiger charge is -1.99. The van der Waals surface area contributed by atoms with Crippen molar-refractivity contribution >= 4 is 22.9 Å². The van der Waals surface area contributed by atoms with Crippen LogP contribution in [0.15, 0.2) is 53.9 Å². The summed E-state index contributed by atoms with van der Waals surface area (Å²) in [6.45, 7) is 0. The van der Waals surface area contributed by atoms with Crippen molar-refractivity contribution in [1.29, 1.82) is 0 Å². The molecule has 0 atom stereocenters. The molecule has 0 saturated carbocycles. The Balaban J connectivity index is 2.03. The number of halogens is 1. The van der Waals surface area contributed by atoms with E-state index in [0.717, 1.165) is 21.8 Å². The van der Waals surface area contributed by atoms with Crippen LogP contribution in [0.4, 0.5) is 0 Å². The zero-order valence-electron chi connectivity index (χ0n) is 9.88. The first kappa shape index (κ1) is 12.2. The molecule has 0 amide bonds. The maximum absolute atomic E-state index is 9.83. The predicted octanol–water partition coefficient (Wildman–Crippen LogP) is 4.84. The lowest BCUT2D eigenvalue weighted by atomic mass is 10.2. The lowest BCUT2D eigenvalue weighted by Crippen LogP contribution is -1.80. The van der Waals surface area contributed by atoms with Crippen molar-refractivity contribution in [3.8, 4) is 27.6 Å². The lowest BCUT2D eigenvalue weighted by molar-refractivity contribution is 0.477. The number of rotatable bonds is 2. The first-order valence-electron chi connectivity index (χ1n) is 5.74. The summed E-state index contributed by atoms with van der Waals surface area (Å²) < 4.78 is 0. The fraction of sp³-hybridized carbons (Fsp3) is 0. The third kappa shape index (κ3) is 2.48. The summed E-state index contributed by atoms with van der Waals surface area (Å²) in [5, 5.41) is 13.3. The minimum absolute atomic E-state index is 0.245. The van der Waals surface area contributed by atoms with Gasteiger partial charge in [0, 0.05) is 16.0 Å². The molecule has 0 spiro atoms. The number of thiazole rings is 1. The molecule has 0 bridgehead atoms. The van der Waals surface area contributed by atoms with Crippen LogP contribution in [0.3, 0.4) is 0 Å². The van der Waals surface area contributed by atoms with E-state index in [2.05, 4.69) is 4.98 Å². The van der Waals surface area contributed by atoms with Gasteiger partial charge in [-0.3, -0.25) is 0 Å². The second-order valence-electron chi connectivity index (χ2n) is 4.07. The Morgan fingerprint density at radius 3 is 2.68 bits per heavy atom. The normalized spacial score (nSPS) is 10.6. The van der Waals surface area contributed by atoms with Gasteiger partial charge in [0.2, 0.25) is 0 Å². The Morgan fingerprint density at radius 1 is 1.05 bits per heavy atom. The summed E-state index contributed by atoms with van der Waals surface area (Å²) in [6, 6.07) is 14.8. The Hall–Kier alpha value is -1.84. The number of benzene rings is 2. The van der Waals surface area contributed by atoms with Gasteiger partial charge in [-0.25, -0.2) is 4.98 Å². The van der Waals surface area contributed by atoms with Crippen LogP contribution in [-0.4, -0.2) is 10.1 Å². The standard InChI is InChI=1S/C15H10ClNOS/c16-11-5-3-4-10(8-11)13-9-19-15(17-13)12-6-1-2-7-14(12)18/h1-9,18H. The fourth-order valence-corrected chi connectivity index (χ4v) is 2.89. The van der Waals surface area contributed by atoms with Crippen LogP contribution in [0.5, 0.6) is 5.75 Å². The maximum atomic E-state index is 9.83. The number of aromatic hydroxyl groups is 1. The van der Waals surface area contributed by atoms with Crippen molar-refractivity contribution < 1.29 is 5.11 Å². The highest BCUT2D eigenvalue weighted by Crippen LogP contribution is 2.34. The first-order valence-corrected chi connectivity index (χ1v) is 6.99. The molecule has 0 saturated heterocycles. The summed E-state index contributed by atoms with van der Waals surface area (Å²) in [7, 11) is 0. The summed E-state index contributed by atoms with van der Waals surface area (Å²) in [5.41, 5.74) is 2.59. The number of phenolic OH excluding ortho intramolecular Hbond substituents is 1. The SMILES string of the molecule is Oc1ccccc1-c1nc(-c2cccc(Cl)c2)cs1. The highest BCUT2D eigenvalue weighted by molar-refractivity contribution is 7.13. The molecule has 3 aromatic rings. The Bertz CT molecular complexity index is 723. The van der Waals surface area contributed by atoms with E-state index in [9.17, 15) is 5.11 Å². The first-order chi connectivity index (χ1) is 9.24.